The van der Waals surface area contributed by atoms with Gasteiger partial charge in [0.15, 0.2) is 6.29 Å². The Hall–Kier alpha value is -0.390. The van der Waals surface area contributed by atoms with Crippen LogP contribution >= 0.6 is 45.5 Å². The van der Waals surface area contributed by atoms with Crippen molar-refractivity contribution in [2.45, 2.75) is 0 Å². The molecule has 0 amide bonds. The van der Waals surface area contributed by atoms with Crippen molar-refractivity contribution in [1.82, 2.24) is 0 Å². The second-order valence-corrected chi connectivity index (χ2v) is 5.71. The lowest BCUT2D eigenvalue weighted by Gasteiger charge is -2.01. The zero-order valence-corrected chi connectivity index (χ0v) is 11.3. The van der Waals surface area contributed by atoms with Gasteiger partial charge in [-0.05, 0) is 46.9 Å². The molecule has 0 fully saturated rings. The maximum atomic E-state index is 10.6. The van der Waals surface area contributed by atoms with Crippen LogP contribution in [0.3, 0.4) is 0 Å². The first kappa shape index (κ1) is 11.1. The predicted molar refractivity (Wildman–Crippen MR) is 72.9 cm³/mol. The van der Waals surface area contributed by atoms with Gasteiger partial charge in [0.05, 0.1) is 9.90 Å². The smallest absolute Gasteiger partial charge is 0.160 e. The first-order valence-electron chi connectivity index (χ1n) is 4.21. The van der Waals surface area contributed by atoms with E-state index >= 15 is 0 Å². The molecule has 2 aromatic rings. The van der Waals surface area contributed by atoms with Gasteiger partial charge in [-0.15, -0.1) is 11.3 Å². The van der Waals surface area contributed by atoms with Crippen molar-refractivity contribution >= 4 is 51.8 Å². The van der Waals surface area contributed by atoms with Crippen LogP contribution in [0.5, 0.6) is 0 Å². The molecule has 1 nitrogen and oxygen atoms in total. The van der Waals surface area contributed by atoms with Crippen molar-refractivity contribution in [2.75, 3.05) is 0 Å². The maximum Gasteiger partial charge on any atom is 0.160 e. The summed E-state index contributed by atoms with van der Waals surface area (Å²) in [5, 5.41) is 0.723. The summed E-state index contributed by atoms with van der Waals surface area (Å²) in [4.78, 5) is 12.3. The molecule has 0 saturated heterocycles. The largest absolute Gasteiger partial charge is 0.297 e. The van der Waals surface area contributed by atoms with Crippen molar-refractivity contribution < 1.29 is 4.79 Å². The van der Waals surface area contributed by atoms with Gasteiger partial charge in [0.25, 0.3) is 0 Å². The average Bonchev–Trinajstić information content (AvgIpc) is 2.66. The van der Waals surface area contributed by atoms with Gasteiger partial charge >= 0.3 is 0 Å². The topological polar surface area (TPSA) is 17.1 Å². The van der Waals surface area contributed by atoms with Crippen molar-refractivity contribution in [1.29, 1.82) is 0 Å². The highest BCUT2D eigenvalue weighted by molar-refractivity contribution is 14.1. The van der Waals surface area contributed by atoms with E-state index < -0.39 is 0 Å². The summed E-state index contributed by atoms with van der Waals surface area (Å²) >= 11 is 9.80. The molecular weight excluding hydrogens is 343 g/mol. The lowest BCUT2D eigenvalue weighted by Crippen LogP contribution is -1.76. The van der Waals surface area contributed by atoms with E-state index in [4.69, 9.17) is 11.6 Å². The molecule has 76 valence electrons. The Morgan fingerprint density at radius 3 is 2.67 bits per heavy atom. The van der Waals surface area contributed by atoms with E-state index in [1.165, 1.54) is 11.3 Å². The highest BCUT2D eigenvalue weighted by atomic mass is 127. The molecule has 0 aliphatic carbocycles. The molecule has 15 heavy (non-hydrogen) atoms. The molecule has 0 unspecified atom stereocenters. The molecule has 4 heteroatoms. The second-order valence-electron chi connectivity index (χ2n) is 2.94. The van der Waals surface area contributed by atoms with Gasteiger partial charge in [0.2, 0.25) is 0 Å². The molecule has 0 saturated carbocycles. The monoisotopic (exact) mass is 348 g/mol. The van der Waals surface area contributed by atoms with E-state index in [9.17, 15) is 4.79 Å². The maximum absolute atomic E-state index is 10.6. The Labute approximate surface area is 110 Å². The Morgan fingerprint density at radius 1 is 1.27 bits per heavy atom. The van der Waals surface area contributed by atoms with Gasteiger partial charge in [-0.2, -0.15) is 0 Å². The molecule has 1 heterocycles. The highest BCUT2D eigenvalue weighted by Gasteiger charge is 2.06. The first-order valence-corrected chi connectivity index (χ1v) is 6.48. The van der Waals surface area contributed by atoms with Crippen LogP contribution in [0, 0.1) is 3.57 Å². The summed E-state index contributed by atoms with van der Waals surface area (Å²) in [5.74, 6) is 0. The minimum atomic E-state index is 0.722. The molecular formula is C11H6ClIOS. The number of carbonyl (C=O) groups excluding carboxylic acids is 1. The highest BCUT2D eigenvalue weighted by Crippen LogP contribution is 2.33. The number of carbonyl (C=O) groups is 1. The Morgan fingerprint density at radius 2 is 2.07 bits per heavy atom. The van der Waals surface area contributed by atoms with Crippen molar-refractivity contribution in [3.63, 3.8) is 0 Å². The minimum absolute atomic E-state index is 0.722. The van der Waals surface area contributed by atoms with Crippen molar-refractivity contribution in [3.8, 4) is 10.4 Å². The fraction of sp³-hybridized carbons (Fsp3) is 0. The Kier molecular flexibility index (Phi) is 3.43. The lowest BCUT2D eigenvalue weighted by atomic mass is 10.2. The fourth-order valence-corrected chi connectivity index (χ4v) is 3.13. The molecule has 0 atom stereocenters. The third-order valence-electron chi connectivity index (χ3n) is 1.94. The van der Waals surface area contributed by atoms with Crippen LogP contribution in [-0.4, -0.2) is 6.29 Å². The molecule has 0 aliphatic rings. The number of aldehydes is 1. The quantitative estimate of drug-likeness (QED) is 0.577. The van der Waals surface area contributed by atoms with Crippen LogP contribution < -0.4 is 0 Å². The standard InChI is InChI=1S/C11H6ClIOS/c12-10-5-7(13)1-3-9(10)11-4-2-8(6-14)15-11/h1-6H. The summed E-state index contributed by atoms with van der Waals surface area (Å²) in [7, 11) is 0. The minimum Gasteiger partial charge on any atom is -0.297 e. The number of hydrogen-bond acceptors (Lipinski definition) is 2. The van der Waals surface area contributed by atoms with Crippen LogP contribution in [0.4, 0.5) is 0 Å². The van der Waals surface area contributed by atoms with Gasteiger partial charge in [0, 0.05) is 14.0 Å². The van der Waals surface area contributed by atoms with Crippen LogP contribution in [0.2, 0.25) is 5.02 Å². The molecule has 0 aliphatic heterocycles. The fourth-order valence-electron chi connectivity index (χ4n) is 1.25. The Balaban J connectivity index is 2.49. The molecule has 0 bridgehead atoms. The lowest BCUT2D eigenvalue weighted by molar-refractivity contribution is 0.112. The normalized spacial score (nSPS) is 10.3. The molecule has 1 aromatic carbocycles. The third kappa shape index (κ3) is 2.41. The van der Waals surface area contributed by atoms with E-state index in [-0.39, 0.29) is 0 Å². The zero-order valence-electron chi connectivity index (χ0n) is 7.54. The summed E-state index contributed by atoms with van der Waals surface area (Å²) in [6.45, 7) is 0. The molecule has 2 rings (SSSR count). The average molecular weight is 349 g/mol. The number of rotatable bonds is 2. The number of halogens is 2. The number of thiophene rings is 1. The zero-order chi connectivity index (χ0) is 10.8. The van der Waals surface area contributed by atoms with Gasteiger partial charge in [-0.1, -0.05) is 17.7 Å². The summed E-state index contributed by atoms with van der Waals surface area (Å²) in [5.41, 5.74) is 0.982. The molecule has 0 N–H and O–H groups in total. The number of hydrogen-bond donors (Lipinski definition) is 0. The van der Waals surface area contributed by atoms with Crippen molar-refractivity contribution in [3.05, 3.63) is 43.8 Å². The van der Waals surface area contributed by atoms with Crippen LogP contribution in [0.15, 0.2) is 30.3 Å². The Bertz CT molecular complexity index is 507. The van der Waals surface area contributed by atoms with E-state index in [1.54, 1.807) is 6.07 Å². The molecule has 1 aromatic heterocycles. The SMILES string of the molecule is O=Cc1ccc(-c2ccc(I)cc2Cl)s1. The predicted octanol–water partition coefficient (Wildman–Crippen LogP) is 4.49. The first-order chi connectivity index (χ1) is 7.20. The number of benzene rings is 1. The van der Waals surface area contributed by atoms with Gasteiger partial charge < -0.3 is 0 Å². The summed E-state index contributed by atoms with van der Waals surface area (Å²) in [6, 6.07) is 9.62. The molecule has 0 spiro atoms. The van der Waals surface area contributed by atoms with Gasteiger partial charge in [-0.25, -0.2) is 0 Å². The van der Waals surface area contributed by atoms with Crippen molar-refractivity contribution in [2.24, 2.45) is 0 Å². The van der Waals surface area contributed by atoms with E-state index in [0.717, 1.165) is 30.2 Å². The van der Waals surface area contributed by atoms with Crippen LogP contribution in [0.25, 0.3) is 10.4 Å². The van der Waals surface area contributed by atoms with Crippen LogP contribution in [-0.2, 0) is 0 Å². The van der Waals surface area contributed by atoms with Gasteiger partial charge in [0.1, 0.15) is 0 Å². The van der Waals surface area contributed by atoms with E-state index in [2.05, 4.69) is 22.6 Å². The van der Waals surface area contributed by atoms with Crippen LogP contribution in [0.1, 0.15) is 9.67 Å². The summed E-state index contributed by atoms with van der Waals surface area (Å²) < 4.78 is 1.11. The second kappa shape index (κ2) is 4.63. The van der Waals surface area contributed by atoms with Gasteiger partial charge in [-0.3, -0.25) is 4.79 Å². The molecule has 0 radical (unpaired) electrons. The summed E-state index contributed by atoms with van der Waals surface area (Å²) in [6.07, 6.45) is 0.856. The third-order valence-corrected chi connectivity index (χ3v) is 3.97. The van der Waals surface area contributed by atoms with E-state index in [1.807, 2.05) is 24.3 Å². The van der Waals surface area contributed by atoms with E-state index in [0.29, 0.717) is 0 Å².